The fraction of sp³-hybridized carbons (Fsp3) is 0.333. The third-order valence-electron chi connectivity index (χ3n) is 11.8. The highest BCUT2D eigenvalue weighted by atomic mass is 35.5. The van der Waals surface area contributed by atoms with Gasteiger partial charge in [-0.2, -0.15) is 10.2 Å². The number of nitrogens with zero attached hydrogens (tertiary/aromatic N) is 10. The van der Waals surface area contributed by atoms with E-state index < -0.39 is 53.9 Å². The monoisotopic (exact) mass is 1090 g/mol. The van der Waals surface area contributed by atoms with E-state index in [0.717, 1.165) is 11.4 Å². The molecule has 0 aliphatic rings. The zero-order chi connectivity index (χ0) is 53.5. The minimum absolute atomic E-state index is 0.157. The molecule has 4 atom stereocenters. The lowest BCUT2D eigenvalue weighted by molar-refractivity contribution is 0.0986. The summed E-state index contributed by atoms with van der Waals surface area (Å²) in [5, 5.41) is 30.4. The zero-order valence-electron chi connectivity index (χ0n) is 41.9. The van der Waals surface area contributed by atoms with Gasteiger partial charge in [0.05, 0.1) is 60.4 Å². The molecule has 0 unspecified atom stereocenters. The predicted octanol–water partition coefficient (Wildman–Crippen LogP) is 7.44. The van der Waals surface area contributed by atoms with Gasteiger partial charge in [-0.3, -0.25) is 29.3 Å². The van der Waals surface area contributed by atoms with Gasteiger partial charge in [-0.15, -0.1) is 20.4 Å². The Kier molecular flexibility index (Phi) is 17.4. The number of halogens is 2. The highest BCUT2D eigenvalue weighted by Gasteiger charge is 2.37. The summed E-state index contributed by atoms with van der Waals surface area (Å²) in [5.41, 5.74) is 4.37. The molecule has 0 aliphatic carbocycles. The number of pyridine rings is 2. The summed E-state index contributed by atoms with van der Waals surface area (Å²) in [7, 11) is 1.24. The van der Waals surface area contributed by atoms with E-state index in [0.29, 0.717) is 78.8 Å². The van der Waals surface area contributed by atoms with Crippen molar-refractivity contribution in [2.45, 2.75) is 61.9 Å². The number of benzene rings is 2. The molecule has 0 amide bonds. The molecule has 8 aromatic rings. The number of hydrogen-bond donors (Lipinski definition) is 2. The Morgan fingerprint density at radius 1 is 0.541 bits per heavy atom. The van der Waals surface area contributed by atoms with Crippen LogP contribution in [-0.2, 0) is 40.7 Å². The Morgan fingerprint density at radius 2 is 0.892 bits per heavy atom. The van der Waals surface area contributed by atoms with Crippen LogP contribution in [0.2, 0.25) is 10.0 Å². The van der Waals surface area contributed by atoms with E-state index in [1.54, 1.807) is 95.8 Å². The van der Waals surface area contributed by atoms with Crippen LogP contribution < -0.4 is 18.9 Å². The fourth-order valence-corrected chi connectivity index (χ4v) is 11.1. The number of rotatable bonds is 20. The number of methoxy groups -OCH3 is 6. The first kappa shape index (κ1) is 54.8. The maximum absolute atomic E-state index is 13.7. The molecule has 0 bridgehead atoms. The summed E-state index contributed by atoms with van der Waals surface area (Å²) in [6.45, 7) is 6.84. The molecule has 8 rings (SSSR count). The van der Waals surface area contributed by atoms with Crippen molar-refractivity contribution < 1.29 is 45.3 Å². The Morgan fingerprint density at radius 3 is 1.16 bits per heavy atom. The minimum atomic E-state index is -3.85. The molecule has 22 nitrogen and oxygen atoms in total. The average Bonchev–Trinajstić information content (AvgIpc) is 4.22. The molecule has 0 saturated heterocycles. The predicted molar refractivity (Wildman–Crippen MR) is 276 cm³/mol. The Bertz CT molecular complexity index is 3150. The molecule has 2 N–H and O–H groups in total. The minimum Gasteiger partial charge on any atom is -0.494 e. The molecule has 0 fully saturated rings. The molecule has 0 aliphatic heterocycles. The van der Waals surface area contributed by atoms with Gasteiger partial charge >= 0.3 is 0 Å². The largest absolute Gasteiger partial charge is 0.494 e. The van der Waals surface area contributed by atoms with Gasteiger partial charge in [0, 0.05) is 38.0 Å². The maximum atomic E-state index is 13.7. The van der Waals surface area contributed by atoms with Crippen molar-refractivity contribution in [3.63, 3.8) is 0 Å². The van der Waals surface area contributed by atoms with Crippen LogP contribution in [-0.4, -0.2) is 130 Å². The van der Waals surface area contributed by atoms with Gasteiger partial charge in [-0.1, -0.05) is 35.3 Å². The number of sulfone groups is 2. The smallest absolute Gasteiger partial charge is 0.189 e. The highest BCUT2D eigenvalue weighted by molar-refractivity contribution is 7.91. The molecule has 0 radical (unpaired) electrons. The van der Waals surface area contributed by atoms with Crippen molar-refractivity contribution in [3.05, 3.63) is 130 Å². The van der Waals surface area contributed by atoms with E-state index in [9.17, 15) is 16.8 Å². The number of hydrogen-bond acceptors (Lipinski definition) is 18. The van der Waals surface area contributed by atoms with Gasteiger partial charge < -0.3 is 28.4 Å². The molecule has 74 heavy (non-hydrogen) atoms. The number of para-hydroxylation sites is 2. The number of aryl methyl sites for hydroxylation is 2. The van der Waals surface area contributed by atoms with E-state index in [1.807, 2.05) is 13.8 Å². The number of aromatic nitrogens is 12. The molecular weight excluding hydrogens is 1040 g/mol. The zero-order valence-corrected chi connectivity index (χ0v) is 45.1. The van der Waals surface area contributed by atoms with E-state index in [-0.39, 0.29) is 11.6 Å². The summed E-state index contributed by atoms with van der Waals surface area (Å²) in [6.07, 6.45) is 1.25. The topological polar surface area (TPSA) is 268 Å². The molecule has 6 heterocycles. The second kappa shape index (κ2) is 23.5. The van der Waals surface area contributed by atoms with Crippen LogP contribution in [0.15, 0.2) is 85.2 Å². The van der Waals surface area contributed by atoms with Crippen LogP contribution in [0.5, 0.6) is 23.0 Å². The quantitative estimate of drug-likeness (QED) is 0.0750. The number of ether oxygens (including phenoxy) is 6. The van der Waals surface area contributed by atoms with E-state index in [2.05, 4.69) is 50.8 Å². The summed E-state index contributed by atoms with van der Waals surface area (Å²) >= 11 is 11.9. The van der Waals surface area contributed by atoms with Crippen molar-refractivity contribution >= 4 is 42.9 Å². The lowest BCUT2D eigenvalue weighted by Gasteiger charge is -2.23. The molecule has 0 saturated carbocycles. The third kappa shape index (κ3) is 11.7. The lowest BCUT2D eigenvalue weighted by atomic mass is 10.2. The molecule has 2 aromatic carbocycles. The summed E-state index contributed by atoms with van der Waals surface area (Å²) in [4.78, 5) is 8.50. The molecular formula is C48H54Cl2N12O10S2. The van der Waals surface area contributed by atoms with Gasteiger partial charge in [0.15, 0.2) is 43.0 Å². The van der Waals surface area contributed by atoms with Crippen molar-refractivity contribution in [3.8, 4) is 57.4 Å². The number of aromatic amines is 2. The Balaban J connectivity index is 0.000000216. The van der Waals surface area contributed by atoms with Crippen molar-refractivity contribution in [2.75, 3.05) is 42.7 Å². The molecule has 0 spiro atoms. The second-order valence-corrected chi connectivity index (χ2v) is 22.2. The van der Waals surface area contributed by atoms with Gasteiger partial charge in [-0.05, 0) is 88.4 Å². The van der Waals surface area contributed by atoms with E-state index in [1.165, 1.54) is 55.1 Å². The normalized spacial score (nSPS) is 13.4. The van der Waals surface area contributed by atoms with Crippen molar-refractivity contribution in [1.29, 1.82) is 0 Å². The van der Waals surface area contributed by atoms with E-state index >= 15 is 0 Å². The van der Waals surface area contributed by atoms with Crippen molar-refractivity contribution in [1.82, 2.24) is 59.9 Å². The second-order valence-electron chi connectivity index (χ2n) is 16.6. The summed E-state index contributed by atoms with van der Waals surface area (Å²) < 4.78 is 91.4. The molecule has 26 heteroatoms. The van der Waals surface area contributed by atoms with Crippen LogP contribution in [0.25, 0.3) is 34.4 Å². The first-order valence-corrected chi connectivity index (χ1v) is 26.7. The van der Waals surface area contributed by atoms with Crippen LogP contribution >= 0.6 is 23.2 Å². The van der Waals surface area contributed by atoms with Gasteiger partial charge in [0.2, 0.25) is 0 Å². The van der Waals surface area contributed by atoms with Gasteiger partial charge in [-0.25, -0.2) is 16.8 Å². The van der Waals surface area contributed by atoms with Gasteiger partial charge in [0.25, 0.3) is 0 Å². The van der Waals surface area contributed by atoms with Crippen LogP contribution in [0.4, 0.5) is 0 Å². The molecule has 6 aromatic heterocycles. The maximum Gasteiger partial charge on any atom is 0.189 e. The van der Waals surface area contributed by atoms with Crippen LogP contribution in [0, 0.1) is 13.8 Å². The lowest BCUT2D eigenvalue weighted by Crippen LogP contribution is -2.29. The first-order chi connectivity index (χ1) is 35.4. The summed E-state index contributed by atoms with van der Waals surface area (Å²) in [6, 6.07) is 20.6. The first-order valence-electron chi connectivity index (χ1n) is 22.5. The Hall–Kier alpha value is -6.96. The van der Waals surface area contributed by atoms with Crippen molar-refractivity contribution in [2.24, 2.45) is 0 Å². The van der Waals surface area contributed by atoms with E-state index in [4.69, 9.17) is 51.6 Å². The van der Waals surface area contributed by atoms with Crippen LogP contribution in [0.3, 0.4) is 0 Å². The fourth-order valence-electron chi connectivity index (χ4n) is 8.01. The Labute approximate surface area is 437 Å². The van der Waals surface area contributed by atoms with Crippen LogP contribution in [0.1, 0.15) is 60.5 Å². The number of nitrogens with one attached hydrogen (secondary N) is 2. The van der Waals surface area contributed by atoms with Gasteiger partial charge in [0.1, 0.15) is 69.5 Å². The SMILES string of the molecule is COc1cccc(OC)c1-n1c(CS(=O)(=O)[C@@H](C)[C@H](OC)c2ccc(Cl)cn2)nnc1-c1cc(C)[nH]n1.COc1cccc(OC)c1-n1c(CS(=O)(=O)[C@H](C)[C@@H](OC)c2ccc(Cl)cn2)nnc1-c1cc(C)[nH]n1. The average molecular weight is 1090 g/mol. The standard InChI is InChI=1S/2C24H27ClN6O5S/c2*1-14-11-18(28-27-14)24-30-29-21(31(24)22-19(34-3)7-6-8-20(22)35-4)13-37(32,33)15(2)23(36-5)17-10-9-16(25)12-26-17/h2*6-12,15,23H,13H2,1-5H3,(H,27,28)/t2*15-,23-/m10/s1. The third-order valence-corrected chi connectivity index (χ3v) is 16.3. The number of H-pyrrole nitrogens is 2. The molecule has 392 valence electrons. The highest BCUT2D eigenvalue weighted by Crippen LogP contribution is 2.39. The summed E-state index contributed by atoms with van der Waals surface area (Å²) in [5.74, 6) is 1.85.